The first-order valence-corrected chi connectivity index (χ1v) is 7.36. The number of hydrogen-bond acceptors (Lipinski definition) is 2. The summed E-state index contributed by atoms with van der Waals surface area (Å²) in [5.74, 6) is 0.0713. The second-order valence-electron chi connectivity index (χ2n) is 5.43. The van der Waals surface area contributed by atoms with E-state index in [1.165, 1.54) is 17.5 Å². The first-order valence-electron chi connectivity index (χ1n) is 7.36. The Morgan fingerprint density at radius 3 is 2.70 bits per heavy atom. The summed E-state index contributed by atoms with van der Waals surface area (Å²) in [7, 11) is 0. The molecule has 0 radical (unpaired) electrons. The molecule has 2 rings (SSSR count). The summed E-state index contributed by atoms with van der Waals surface area (Å²) in [6, 6.07) is 4.14. The highest BCUT2D eigenvalue weighted by atomic mass is 16.3. The average Bonchev–Trinajstić information content (AvgIpc) is 2.78. The van der Waals surface area contributed by atoms with Crippen LogP contribution in [-0.4, -0.2) is 12.5 Å². The van der Waals surface area contributed by atoms with Gasteiger partial charge in [0, 0.05) is 17.5 Å². The van der Waals surface area contributed by atoms with Gasteiger partial charge in [0.15, 0.2) is 0 Å². The highest BCUT2D eigenvalue weighted by molar-refractivity contribution is 5.88. The fraction of sp³-hybridized carbons (Fsp3) is 0.471. The zero-order valence-electron chi connectivity index (χ0n) is 12.6. The Morgan fingerprint density at radius 1 is 1.20 bits per heavy atom. The van der Waals surface area contributed by atoms with Crippen LogP contribution in [0.3, 0.4) is 0 Å². The molecule has 108 valence electrons. The van der Waals surface area contributed by atoms with E-state index >= 15 is 0 Å². The van der Waals surface area contributed by atoms with Crippen LogP contribution in [0, 0.1) is 13.8 Å². The Morgan fingerprint density at radius 2 is 1.95 bits per heavy atom. The molecule has 2 aromatic rings. The molecule has 1 aromatic heterocycles. The van der Waals surface area contributed by atoms with E-state index in [0.717, 1.165) is 35.9 Å². The Hall–Kier alpha value is -1.77. The second kappa shape index (κ2) is 6.60. The monoisotopic (exact) mass is 273 g/mol. The molecule has 0 bridgehead atoms. The lowest BCUT2D eigenvalue weighted by Gasteiger charge is -2.04. The van der Waals surface area contributed by atoms with Crippen LogP contribution < -0.4 is 5.32 Å². The number of rotatable bonds is 6. The van der Waals surface area contributed by atoms with E-state index < -0.39 is 0 Å². The van der Waals surface area contributed by atoms with Gasteiger partial charge in [0.25, 0.3) is 0 Å². The molecular formula is C17H23NO2. The molecular weight excluding hydrogens is 250 g/mol. The largest absolute Gasteiger partial charge is 0.464 e. The summed E-state index contributed by atoms with van der Waals surface area (Å²) in [4.78, 5) is 11.9. The van der Waals surface area contributed by atoms with Crippen LogP contribution in [0.4, 0.5) is 0 Å². The van der Waals surface area contributed by atoms with Crippen molar-refractivity contribution in [1.82, 2.24) is 5.32 Å². The summed E-state index contributed by atoms with van der Waals surface area (Å²) >= 11 is 0. The molecule has 20 heavy (non-hydrogen) atoms. The predicted molar refractivity (Wildman–Crippen MR) is 81.9 cm³/mol. The number of aryl methyl sites for hydroxylation is 2. The van der Waals surface area contributed by atoms with E-state index in [0.29, 0.717) is 6.42 Å². The molecule has 3 nitrogen and oxygen atoms in total. The molecule has 0 aliphatic rings. The number of fused-ring (bicyclic) bond motifs is 1. The number of furan rings is 1. The molecule has 1 amide bonds. The van der Waals surface area contributed by atoms with Crippen LogP contribution in [0.2, 0.25) is 0 Å². The van der Waals surface area contributed by atoms with Gasteiger partial charge in [-0.3, -0.25) is 4.79 Å². The predicted octanol–water partition coefficient (Wildman–Crippen LogP) is 3.90. The molecule has 0 saturated heterocycles. The van der Waals surface area contributed by atoms with Gasteiger partial charge in [-0.25, -0.2) is 0 Å². The van der Waals surface area contributed by atoms with Gasteiger partial charge in [0.05, 0.1) is 12.7 Å². The van der Waals surface area contributed by atoms with E-state index in [4.69, 9.17) is 4.42 Å². The summed E-state index contributed by atoms with van der Waals surface area (Å²) in [5, 5.41) is 4.02. The zero-order valence-corrected chi connectivity index (χ0v) is 12.6. The summed E-state index contributed by atoms with van der Waals surface area (Å²) in [6.07, 6.45) is 5.47. The number of unbranched alkanes of at least 4 members (excludes halogenated alkanes) is 2. The molecule has 0 aliphatic heterocycles. The van der Waals surface area contributed by atoms with Crippen molar-refractivity contribution in [3.8, 4) is 0 Å². The SMILES string of the molecule is CCCCCNC(=O)Cc1coc2cc(C)c(C)cc12. The van der Waals surface area contributed by atoms with Gasteiger partial charge in [0.2, 0.25) is 5.91 Å². The molecule has 1 aromatic carbocycles. The van der Waals surface area contributed by atoms with E-state index in [9.17, 15) is 4.79 Å². The minimum Gasteiger partial charge on any atom is -0.464 e. The molecule has 0 fully saturated rings. The van der Waals surface area contributed by atoms with Crippen LogP contribution in [-0.2, 0) is 11.2 Å². The minimum absolute atomic E-state index is 0.0713. The van der Waals surface area contributed by atoms with E-state index in [-0.39, 0.29) is 5.91 Å². The first-order chi connectivity index (χ1) is 9.61. The number of amides is 1. The number of carbonyl (C=O) groups excluding carboxylic acids is 1. The van der Waals surface area contributed by atoms with Gasteiger partial charge >= 0.3 is 0 Å². The molecule has 0 unspecified atom stereocenters. The van der Waals surface area contributed by atoms with Crippen molar-refractivity contribution in [3.63, 3.8) is 0 Å². The van der Waals surface area contributed by atoms with Gasteiger partial charge in [-0.15, -0.1) is 0 Å². The normalized spacial score (nSPS) is 10.9. The maximum absolute atomic E-state index is 11.9. The van der Waals surface area contributed by atoms with Crippen LogP contribution in [0.15, 0.2) is 22.8 Å². The van der Waals surface area contributed by atoms with Crippen molar-refractivity contribution in [3.05, 3.63) is 35.1 Å². The number of benzene rings is 1. The average molecular weight is 273 g/mol. The van der Waals surface area contributed by atoms with Gasteiger partial charge in [-0.05, 0) is 43.5 Å². The van der Waals surface area contributed by atoms with Crippen molar-refractivity contribution in [1.29, 1.82) is 0 Å². The lowest BCUT2D eigenvalue weighted by Crippen LogP contribution is -2.25. The fourth-order valence-corrected chi connectivity index (χ4v) is 2.31. The lowest BCUT2D eigenvalue weighted by molar-refractivity contribution is -0.120. The standard InChI is InChI=1S/C17H23NO2/c1-4-5-6-7-18-17(19)10-14-11-20-16-9-13(3)12(2)8-15(14)16/h8-9,11H,4-7,10H2,1-3H3,(H,18,19). The van der Waals surface area contributed by atoms with Crippen molar-refractivity contribution in [2.75, 3.05) is 6.54 Å². The Kier molecular flexibility index (Phi) is 4.83. The van der Waals surface area contributed by atoms with Crippen molar-refractivity contribution >= 4 is 16.9 Å². The van der Waals surface area contributed by atoms with Gasteiger partial charge in [0.1, 0.15) is 5.58 Å². The van der Waals surface area contributed by atoms with Crippen molar-refractivity contribution < 1.29 is 9.21 Å². The van der Waals surface area contributed by atoms with Crippen LogP contribution >= 0.6 is 0 Å². The third-order valence-electron chi connectivity index (χ3n) is 3.72. The molecule has 1 N–H and O–H groups in total. The molecule has 0 spiro atoms. The Labute approximate surface area is 120 Å². The van der Waals surface area contributed by atoms with Gasteiger partial charge < -0.3 is 9.73 Å². The first kappa shape index (κ1) is 14.6. The molecule has 0 saturated carbocycles. The fourth-order valence-electron chi connectivity index (χ4n) is 2.31. The molecule has 3 heteroatoms. The number of hydrogen-bond donors (Lipinski definition) is 1. The van der Waals surface area contributed by atoms with E-state index in [1.807, 2.05) is 6.07 Å². The minimum atomic E-state index is 0.0713. The second-order valence-corrected chi connectivity index (χ2v) is 5.43. The Balaban J connectivity index is 2.02. The summed E-state index contributed by atoms with van der Waals surface area (Å²) < 4.78 is 5.55. The Bertz CT molecular complexity index is 598. The lowest BCUT2D eigenvalue weighted by atomic mass is 10.0. The quantitative estimate of drug-likeness (QED) is 0.811. The van der Waals surface area contributed by atoms with Crippen LogP contribution in [0.5, 0.6) is 0 Å². The summed E-state index contributed by atoms with van der Waals surface area (Å²) in [5.41, 5.74) is 4.27. The molecule has 0 atom stereocenters. The van der Waals surface area contributed by atoms with Crippen LogP contribution in [0.25, 0.3) is 11.0 Å². The molecule has 1 heterocycles. The van der Waals surface area contributed by atoms with Crippen LogP contribution in [0.1, 0.15) is 42.9 Å². The third-order valence-corrected chi connectivity index (χ3v) is 3.72. The molecule has 0 aliphatic carbocycles. The number of nitrogens with one attached hydrogen (secondary N) is 1. The van der Waals surface area contributed by atoms with Crippen molar-refractivity contribution in [2.24, 2.45) is 0 Å². The third kappa shape index (κ3) is 3.41. The van der Waals surface area contributed by atoms with E-state index in [2.05, 4.69) is 32.2 Å². The zero-order chi connectivity index (χ0) is 14.5. The van der Waals surface area contributed by atoms with Crippen molar-refractivity contribution in [2.45, 2.75) is 46.5 Å². The van der Waals surface area contributed by atoms with Gasteiger partial charge in [-0.2, -0.15) is 0 Å². The number of carbonyl (C=O) groups is 1. The maximum atomic E-state index is 11.9. The maximum Gasteiger partial charge on any atom is 0.224 e. The highest BCUT2D eigenvalue weighted by Crippen LogP contribution is 2.25. The highest BCUT2D eigenvalue weighted by Gasteiger charge is 2.11. The smallest absolute Gasteiger partial charge is 0.224 e. The van der Waals surface area contributed by atoms with Gasteiger partial charge in [-0.1, -0.05) is 19.8 Å². The van der Waals surface area contributed by atoms with E-state index in [1.54, 1.807) is 6.26 Å². The topological polar surface area (TPSA) is 42.2 Å². The summed E-state index contributed by atoms with van der Waals surface area (Å²) in [6.45, 7) is 7.07.